The number of esters is 2. The van der Waals surface area contributed by atoms with Crippen LogP contribution in [0.15, 0.2) is 0 Å². The molecule has 0 aromatic rings. The Labute approximate surface area is 322 Å². The van der Waals surface area contributed by atoms with Crippen molar-refractivity contribution in [1.82, 2.24) is 0 Å². The fourth-order valence-corrected chi connectivity index (χ4v) is 6.39. The number of rotatable bonds is 38. The summed E-state index contributed by atoms with van der Waals surface area (Å²) < 4.78 is 27.7. The second-order valence-electron chi connectivity index (χ2n) is 14.3. The lowest BCUT2D eigenvalue weighted by Gasteiger charge is -2.21. The molecule has 2 unspecified atom stereocenters. The van der Waals surface area contributed by atoms with E-state index in [-0.39, 0.29) is 32.7 Å². The molecule has 3 atom stereocenters. The Morgan fingerprint density at radius 2 is 0.849 bits per heavy atom. The molecule has 0 aromatic heterocycles. The number of aliphatic hydroxyl groups excluding tert-OH is 5. The molecule has 0 bridgehead atoms. The standard InChI is InChI=1S/C37H73O9P.C3H8O3/c1-3-5-7-9-11-13-15-17-19-21-23-25-27-29-35(39)44-32-34(33-45-47(42,43)37(41)31-38)46-36(40)30-28-26-24-22-20-18-16-14-12-10-8-6-4-2;4-1-3(6)2-5/h34,37-38,41H,3-33H2,1-2H3,(H,42,43);3-6H,1-2H2/t34-,37?;/m1./s1. The van der Waals surface area contributed by atoms with Crippen LogP contribution in [0.3, 0.4) is 0 Å². The minimum Gasteiger partial charge on any atom is -0.462 e. The minimum atomic E-state index is -4.55. The van der Waals surface area contributed by atoms with Gasteiger partial charge >= 0.3 is 19.5 Å². The highest BCUT2D eigenvalue weighted by atomic mass is 31.2. The van der Waals surface area contributed by atoms with E-state index >= 15 is 0 Å². The molecule has 0 saturated heterocycles. The van der Waals surface area contributed by atoms with Crippen LogP contribution in [0.1, 0.15) is 194 Å². The number of hydrogen-bond acceptors (Lipinski definition) is 11. The maximum absolute atomic E-state index is 12.5. The van der Waals surface area contributed by atoms with Crippen molar-refractivity contribution in [2.45, 2.75) is 212 Å². The summed E-state index contributed by atoms with van der Waals surface area (Å²) in [7, 11) is -4.55. The fourth-order valence-electron chi connectivity index (χ4n) is 5.63. The van der Waals surface area contributed by atoms with Crippen molar-refractivity contribution in [2.24, 2.45) is 0 Å². The summed E-state index contributed by atoms with van der Waals surface area (Å²) in [6.07, 6.45) is 29.7. The summed E-state index contributed by atoms with van der Waals surface area (Å²) in [5.41, 5.74) is 0. The molecular weight excluding hydrogens is 703 g/mol. The second-order valence-corrected chi connectivity index (χ2v) is 16.3. The molecule has 0 saturated carbocycles. The zero-order valence-electron chi connectivity index (χ0n) is 33.6. The van der Waals surface area contributed by atoms with Crippen LogP contribution in [0, 0.1) is 0 Å². The molecule has 0 fully saturated rings. The van der Waals surface area contributed by atoms with Crippen LogP contribution in [0.5, 0.6) is 0 Å². The van der Waals surface area contributed by atoms with Gasteiger partial charge in [0.05, 0.1) is 26.4 Å². The van der Waals surface area contributed by atoms with Gasteiger partial charge in [-0.1, -0.05) is 168 Å². The van der Waals surface area contributed by atoms with E-state index in [2.05, 4.69) is 13.8 Å². The summed E-state index contributed by atoms with van der Waals surface area (Å²) in [6, 6.07) is 0. The molecule has 0 heterocycles. The Bertz CT molecular complexity index is 843. The first-order valence-corrected chi connectivity index (χ1v) is 22.7. The number of carbonyl (C=O) groups is 2. The van der Waals surface area contributed by atoms with Crippen molar-refractivity contribution in [3.63, 3.8) is 0 Å². The van der Waals surface area contributed by atoms with Gasteiger partial charge in [-0.25, -0.2) is 0 Å². The molecule has 0 aliphatic heterocycles. The highest BCUT2D eigenvalue weighted by molar-refractivity contribution is 7.53. The van der Waals surface area contributed by atoms with Crippen molar-refractivity contribution in [3.8, 4) is 0 Å². The molecule has 53 heavy (non-hydrogen) atoms. The van der Waals surface area contributed by atoms with E-state index in [1.807, 2.05) is 0 Å². The van der Waals surface area contributed by atoms with Crippen LogP contribution in [0.2, 0.25) is 0 Å². The van der Waals surface area contributed by atoms with Gasteiger partial charge in [0, 0.05) is 12.8 Å². The largest absolute Gasteiger partial charge is 0.462 e. The topological polar surface area (TPSA) is 200 Å². The molecule has 12 nitrogen and oxygen atoms in total. The third-order valence-corrected chi connectivity index (χ3v) is 10.5. The fraction of sp³-hybridized carbons (Fsp3) is 0.950. The number of aliphatic hydroxyl groups is 5. The van der Waals surface area contributed by atoms with Gasteiger partial charge in [0.25, 0.3) is 0 Å². The zero-order chi connectivity index (χ0) is 39.8. The highest BCUT2D eigenvalue weighted by Gasteiger charge is 2.32. The lowest BCUT2D eigenvalue weighted by molar-refractivity contribution is -0.161. The minimum absolute atomic E-state index is 0.192. The molecule has 0 aliphatic rings. The van der Waals surface area contributed by atoms with Crippen molar-refractivity contribution in [3.05, 3.63) is 0 Å². The zero-order valence-corrected chi connectivity index (χ0v) is 34.5. The van der Waals surface area contributed by atoms with E-state index in [0.29, 0.717) is 12.8 Å². The Morgan fingerprint density at radius 1 is 0.509 bits per heavy atom. The molecule has 0 aliphatic carbocycles. The molecular formula is C40H81O12P. The Balaban J connectivity index is 0. The van der Waals surface area contributed by atoms with Gasteiger partial charge in [0.15, 0.2) is 11.9 Å². The summed E-state index contributed by atoms with van der Waals surface area (Å²) in [6.45, 7) is 1.95. The molecule has 0 radical (unpaired) electrons. The number of carbonyl (C=O) groups excluding carboxylic acids is 2. The molecule has 13 heteroatoms. The lowest BCUT2D eigenvalue weighted by atomic mass is 10.0. The first-order valence-electron chi connectivity index (χ1n) is 21.1. The van der Waals surface area contributed by atoms with Crippen molar-refractivity contribution < 1.29 is 58.6 Å². The third-order valence-electron chi connectivity index (χ3n) is 9.10. The smallest absolute Gasteiger partial charge is 0.358 e. The van der Waals surface area contributed by atoms with E-state index in [4.69, 9.17) is 34.4 Å². The Morgan fingerprint density at radius 3 is 1.17 bits per heavy atom. The first kappa shape index (κ1) is 54.0. The summed E-state index contributed by atoms with van der Waals surface area (Å²) in [5.74, 6) is -2.89. The molecule has 0 spiro atoms. The average molecular weight is 785 g/mol. The molecule has 0 amide bonds. The van der Waals surface area contributed by atoms with Gasteiger partial charge in [0.2, 0.25) is 0 Å². The summed E-state index contributed by atoms with van der Waals surface area (Å²) >= 11 is 0. The van der Waals surface area contributed by atoms with Crippen LogP contribution < -0.4 is 0 Å². The molecule has 6 N–H and O–H groups in total. The van der Waals surface area contributed by atoms with E-state index in [1.54, 1.807) is 0 Å². The third kappa shape index (κ3) is 38.9. The van der Waals surface area contributed by atoms with E-state index in [9.17, 15) is 24.2 Å². The predicted molar refractivity (Wildman–Crippen MR) is 211 cm³/mol. The quantitative estimate of drug-likeness (QED) is 0.0199. The Hall–Kier alpha value is -1.11. The number of unbranched alkanes of at least 4 members (excludes halogenated alkanes) is 24. The maximum Gasteiger partial charge on any atom is 0.358 e. The Kier molecular flexibility index (Phi) is 41.3. The van der Waals surface area contributed by atoms with Gasteiger partial charge in [-0.2, -0.15) is 0 Å². The summed E-state index contributed by atoms with van der Waals surface area (Å²) in [5, 5.41) is 42.6. The molecule has 0 aromatic carbocycles. The van der Waals surface area contributed by atoms with E-state index in [1.165, 1.54) is 122 Å². The predicted octanol–water partition coefficient (Wildman–Crippen LogP) is 8.25. The lowest BCUT2D eigenvalue weighted by Crippen LogP contribution is -2.30. The average Bonchev–Trinajstić information content (AvgIpc) is 3.15. The molecule has 318 valence electrons. The SMILES string of the molecule is CCCCCCCCCCCCCCCC(=O)OC[C@H](COP(=O)(O)C(O)CO)OC(=O)CCCCCCCCCCCCCCC.OCC(O)CO. The number of hydrogen-bond donors (Lipinski definition) is 6. The van der Waals surface area contributed by atoms with Crippen molar-refractivity contribution >= 4 is 19.5 Å². The highest BCUT2D eigenvalue weighted by Crippen LogP contribution is 2.46. The van der Waals surface area contributed by atoms with Gasteiger partial charge in [-0.15, -0.1) is 0 Å². The monoisotopic (exact) mass is 785 g/mol. The maximum atomic E-state index is 12.5. The van der Waals surface area contributed by atoms with Crippen molar-refractivity contribution in [1.29, 1.82) is 0 Å². The normalized spacial score (nSPS) is 13.6. The van der Waals surface area contributed by atoms with Crippen LogP contribution in [0.4, 0.5) is 0 Å². The van der Waals surface area contributed by atoms with Crippen LogP contribution in [0.25, 0.3) is 0 Å². The summed E-state index contributed by atoms with van der Waals surface area (Å²) in [4.78, 5) is 34.6. The van der Waals surface area contributed by atoms with E-state index in [0.717, 1.165) is 32.1 Å². The van der Waals surface area contributed by atoms with E-state index < -0.39 is 50.8 Å². The van der Waals surface area contributed by atoms with Crippen LogP contribution in [-0.2, 0) is 28.2 Å². The van der Waals surface area contributed by atoms with Crippen molar-refractivity contribution in [2.75, 3.05) is 33.0 Å². The molecule has 0 rings (SSSR count). The van der Waals surface area contributed by atoms with Gasteiger partial charge < -0.3 is 44.4 Å². The van der Waals surface area contributed by atoms with Crippen LogP contribution >= 0.6 is 7.60 Å². The van der Waals surface area contributed by atoms with Gasteiger partial charge in [-0.05, 0) is 12.8 Å². The van der Waals surface area contributed by atoms with Gasteiger partial charge in [0.1, 0.15) is 12.7 Å². The second kappa shape index (κ2) is 40.6. The number of ether oxygens (including phenoxy) is 2. The van der Waals surface area contributed by atoms with Crippen LogP contribution in [-0.4, -0.2) is 93.5 Å². The first-order chi connectivity index (χ1) is 25.6. The van der Waals surface area contributed by atoms with Gasteiger partial charge in [-0.3, -0.25) is 14.2 Å².